The summed E-state index contributed by atoms with van der Waals surface area (Å²) in [6, 6.07) is 34.2. The van der Waals surface area contributed by atoms with Crippen LogP contribution in [-0.4, -0.2) is 11.1 Å². The number of carbonyl (C=O) groups is 1. The third-order valence-electron chi connectivity index (χ3n) is 5.08. The quantitative estimate of drug-likeness (QED) is 0.463. The van der Waals surface area contributed by atoms with E-state index in [2.05, 4.69) is 0 Å². The van der Waals surface area contributed by atoms with Crippen molar-refractivity contribution in [3.05, 3.63) is 132 Å². The van der Waals surface area contributed by atoms with Crippen molar-refractivity contribution in [1.29, 1.82) is 0 Å². The van der Waals surface area contributed by atoms with Gasteiger partial charge in [-0.25, -0.2) is 4.79 Å². The summed E-state index contributed by atoms with van der Waals surface area (Å²) in [5, 5.41) is 12.4. The van der Waals surface area contributed by atoms with Crippen molar-refractivity contribution in [2.24, 2.45) is 0 Å². The van der Waals surface area contributed by atoms with Gasteiger partial charge in [0.15, 0.2) is 0 Å². The first-order chi connectivity index (χ1) is 15.0. The molecule has 0 saturated carbocycles. The third-order valence-corrected chi connectivity index (χ3v) is 7.46. The summed E-state index contributed by atoms with van der Waals surface area (Å²) < 4.78 is 19.9. The molecule has 4 rings (SSSR count). The summed E-state index contributed by atoms with van der Waals surface area (Å²) >= 11 is 0. The normalized spacial score (nSPS) is 11.6. The molecule has 4 aromatic carbocycles. The van der Waals surface area contributed by atoms with Gasteiger partial charge in [0.25, 0.3) is 0 Å². The number of benzene rings is 4. The average molecular weight is 428 g/mol. The van der Waals surface area contributed by atoms with Gasteiger partial charge in [0.1, 0.15) is 0 Å². The van der Waals surface area contributed by atoms with Crippen molar-refractivity contribution in [1.82, 2.24) is 0 Å². The van der Waals surface area contributed by atoms with E-state index in [-0.39, 0.29) is 0 Å². The van der Waals surface area contributed by atoms with Crippen molar-refractivity contribution in [2.45, 2.75) is 5.60 Å². The van der Waals surface area contributed by atoms with Gasteiger partial charge < -0.3 is 9.63 Å². The highest BCUT2D eigenvalue weighted by Crippen LogP contribution is 2.47. The highest BCUT2D eigenvalue weighted by atomic mass is 31.2. The first-order valence-corrected chi connectivity index (χ1v) is 11.5. The molecule has 0 amide bonds. The van der Waals surface area contributed by atoms with Crippen LogP contribution < -0.4 is 10.6 Å². The maximum absolute atomic E-state index is 14.2. The van der Waals surface area contributed by atoms with Crippen LogP contribution in [0.4, 0.5) is 0 Å². The smallest absolute Gasteiger partial charge is 0.353 e. The minimum atomic E-state index is -3.83. The Morgan fingerprint density at radius 1 is 0.613 bits per heavy atom. The predicted molar refractivity (Wildman–Crippen MR) is 122 cm³/mol. The van der Waals surface area contributed by atoms with Crippen LogP contribution in [0.25, 0.3) is 0 Å². The molecular formula is C26H21O4P. The highest BCUT2D eigenvalue weighted by Gasteiger charge is 2.45. The fraction of sp³-hybridized carbons (Fsp3) is 0.0385. The number of carbonyl (C=O) groups excluding carboxylic acids is 1. The number of hydrogen-bond acceptors (Lipinski definition) is 4. The lowest BCUT2D eigenvalue weighted by molar-refractivity contribution is -0.151. The van der Waals surface area contributed by atoms with Gasteiger partial charge in [-0.1, -0.05) is 97.1 Å². The number of hydrogen-bond donors (Lipinski definition) is 1. The van der Waals surface area contributed by atoms with Crippen molar-refractivity contribution in [3.63, 3.8) is 0 Å². The second kappa shape index (κ2) is 8.73. The summed E-state index contributed by atoms with van der Waals surface area (Å²) in [4.78, 5) is 13.6. The molecular weight excluding hydrogens is 407 g/mol. The minimum absolute atomic E-state index is 0.332. The Morgan fingerprint density at radius 2 is 0.935 bits per heavy atom. The molecule has 31 heavy (non-hydrogen) atoms. The van der Waals surface area contributed by atoms with Crippen LogP contribution in [-0.2, 0) is 19.5 Å². The van der Waals surface area contributed by atoms with E-state index in [4.69, 9.17) is 4.52 Å². The Balaban J connectivity index is 1.84. The lowest BCUT2D eigenvalue weighted by Gasteiger charge is -2.29. The standard InChI is InChI=1S/C26H21O4P/c27-25(26(28,21-13-5-1-6-14-21)22-15-7-2-8-16-22)30-31(29,23-17-9-3-10-18-23)24-19-11-4-12-20-24/h1-20,28H. The Labute approximate surface area is 181 Å². The predicted octanol–water partition coefficient (Wildman–Crippen LogP) is 4.39. The van der Waals surface area contributed by atoms with Gasteiger partial charge in [0, 0.05) is 0 Å². The van der Waals surface area contributed by atoms with Gasteiger partial charge in [0.05, 0.1) is 10.6 Å². The zero-order valence-corrected chi connectivity index (χ0v) is 17.6. The average Bonchev–Trinajstić information content (AvgIpc) is 2.85. The van der Waals surface area contributed by atoms with Crippen molar-refractivity contribution < 1.29 is 19.0 Å². The maximum Gasteiger partial charge on any atom is 0.353 e. The summed E-state index contributed by atoms with van der Waals surface area (Å²) in [6.45, 7) is 0. The summed E-state index contributed by atoms with van der Waals surface area (Å²) in [7, 11) is -3.83. The van der Waals surface area contributed by atoms with E-state index >= 15 is 0 Å². The molecule has 0 aliphatic heterocycles. The summed E-state index contributed by atoms with van der Waals surface area (Å²) in [6.07, 6.45) is 0. The summed E-state index contributed by atoms with van der Waals surface area (Å²) in [5.74, 6) is -0.999. The molecule has 0 aliphatic carbocycles. The van der Waals surface area contributed by atoms with Crippen LogP contribution in [0.3, 0.4) is 0 Å². The first-order valence-electron chi connectivity index (χ1n) is 9.84. The Morgan fingerprint density at radius 3 is 1.29 bits per heavy atom. The van der Waals surface area contributed by atoms with E-state index < -0.39 is 18.9 Å². The molecule has 0 atom stereocenters. The van der Waals surface area contributed by atoms with E-state index in [1.165, 1.54) is 0 Å². The van der Waals surface area contributed by atoms with Crippen LogP contribution in [0.15, 0.2) is 121 Å². The SMILES string of the molecule is O=C(OP(=O)(c1ccccc1)c1ccccc1)C(O)(c1ccccc1)c1ccccc1. The topological polar surface area (TPSA) is 63.6 Å². The van der Waals surface area contributed by atoms with Crippen molar-refractivity contribution >= 4 is 23.9 Å². The Hall–Kier alpha value is -3.46. The molecule has 0 unspecified atom stereocenters. The van der Waals surface area contributed by atoms with Crippen LogP contribution in [0, 0.1) is 0 Å². The molecule has 4 nitrogen and oxygen atoms in total. The summed E-state index contributed by atoms with van der Waals surface area (Å²) in [5.41, 5.74) is -1.46. The lowest BCUT2D eigenvalue weighted by Crippen LogP contribution is -2.39. The molecule has 0 aromatic heterocycles. The fourth-order valence-corrected chi connectivity index (χ4v) is 5.45. The van der Waals surface area contributed by atoms with E-state index in [1.807, 2.05) is 0 Å². The Kier molecular flexibility index (Phi) is 5.85. The first kappa shape index (κ1) is 20.8. The third kappa shape index (κ3) is 3.96. The van der Waals surface area contributed by atoms with Crippen molar-refractivity contribution in [3.8, 4) is 0 Å². The van der Waals surface area contributed by atoms with Gasteiger partial charge in [-0.3, -0.25) is 4.57 Å². The van der Waals surface area contributed by atoms with Crippen LogP contribution >= 0.6 is 7.37 Å². The molecule has 0 radical (unpaired) electrons. The van der Waals surface area contributed by atoms with Crippen molar-refractivity contribution in [2.75, 3.05) is 0 Å². The van der Waals surface area contributed by atoms with Crippen LogP contribution in [0.5, 0.6) is 0 Å². The second-order valence-electron chi connectivity index (χ2n) is 7.04. The van der Waals surface area contributed by atoms with E-state index in [1.54, 1.807) is 121 Å². The zero-order chi connectivity index (χ0) is 21.7. The molecule has 5 heteroatoms. The van der Waals surface area contributed by atoms with Gasteiger partial charge in [-0.15, -0.1) is 0 Å². The molecule has 0 heterocycles. The van der Waals surface area contributed by atoms with Gasteiger partial charge in [-0.2, -0.15) is 0 Å². The van der Waals surface area contributed by atoms with Gasteiger partial charge in [0.2, 0.25) is 5.60 Å². The molecule has 0 aliphatic rings. The number of rotatable bonds is 6. The highest BCUT2D eigenvalue weighted by molar-refractivity contribution is 7.74. The van der Waals surface area contributed by atoms with Gasteiger partial charge >= 0.3 is 13.3 Å². The van der Waals surface area contributed by atoms with Gasteiger partial charge in [-0.05, 0) is 35.4 Å². The molecule has 4 aromatic rings. The lowest BCUT2D eigenvalue weighted by atomic mass is 9.86. The minimum Gasteiger partial charge on any atom is -0.402 e. The molecule has 0 fully saturated rings. The molecule has 0 bridgehead atoms. The maximum atomic E-state index is 14.2. The van der Waals surface area contributed by atoms with E-state index in [0.717, 1.165) is 0 Å². The zero-order valence-electron chi connectivity index (χ0n) is 16.7. The van der Waals surface area contributed by atoms with E-state index in [0.29, 0.717) is 21.7 Å². The monoisotopic (exact) mass is 428 g/mol. The molecule has 0 spiro atoms. The molecule has 154 valence electrons. The van der Waals surface area contributed by atoms with Crippen LogP contribution in [0.2, 0.25) is 0 Å². The molecule has 0 saturated heterocycles. The van der Waals surface area contributed by atoms with Crippen LogP contribution in [0.1, 0.15) is 11.1 Å². The number of aliphatic hydroxyl groups is 1. The van der Waals surface area contributed by atoms with E-state index in [9.17, 15) is 14.5 Å². The second-order valence-corrected chi connectivity index (χ2v) is 9.36. The largest absolute Gasteiger partial charge is 0.402 e. The molecule has 1 N–H and O–H groups in total. The fourth-order valence-electron chi connectivity index (χ4n) is 3.45. The Bertz CT molecular complexity index is 1110.